The molecule has 0 fully saturated rings. The van der Waals surface area contributed by atoms with Gasteiger partial charge < -0.3 is 0 Å². The van der Waals surface area contributed by atoms with Gasteiger partial charge in [-0.05, 0) is 13.3 Å². The molecule has 25 heavy (non-hydrogen) atoms. The normalized spacial score (nSPS) is 15.1. The molecule has 130 valence electrons. The molecule has 0 spiro atoms. The lowest BCUT2D eigenvalue weighted by atomic mass is 10.3. The number of aromatic nitrogens is 6. The predicted molar refractivity (Wildman–Crippen MR) is 93.2 cm³/mol. The van der Waals surface area contributed by atoms with Gasteiger partial charge >= 0.3 is 0 Å². The summed E-state index contributed by atoms with van der Waals surface area (Å²) in [5.41, 5.74) is 1.80. The zero-order valence-corrected chi connectivity index (χ0v) is 14.8. The molecule has 0 amide bonds. The zero-order valence-electron chi connectivity index (χ0n) is 14.0. The number of hydrogen-bond acceptors (Lipinski definition) is 7. The highest BCUT2D eigenvalue weighted by atomic mass is 32.1. The second-order valence-electron chi connectivity index (χ2n) is 6.17. The number of thiazole rings is 1. The molecule has 0 bridgehead atoms. The van der Waals surface area contributed by atoms with E-state index in [9.17, 15) is 4.79 Å². The summed E-state index contributed by atoms with van der Waals surface area (Å²) in [4.78, 5) is 28.0. The van der Waals surface area contributed by atoms with Crippen molar-refractivity contribution in [1.29, 1.82) is 0 Å². The van der Waals surface area contributed by atoms with Crippen LogP contribution in [0.2, 0.25) is 0 Å². The average Bonchev–Trinajstić information content (AvgIpc) is 3.16. The SMILES string of the molecule is Cc1nc(CN2CCCn3c(nc(Cn4cncn4)cc3=O)C2)cs1. The highest BCUT2D eigenvalue weighted by Gasteiger charge is 2.18. The summed E-state index contributed by atoms with van der Waals surface area (Å²) in [6.07, 6.45) is 4.04. The van der Waals surface area contributed by atoms with Crippen molar-refractivity contribution < 1.29 is 0 Å². The molecule has 3 aromatic heterocycles. The van der Waals surface area contributed by atoms with Gasteiger partial charge in [-0.2, -0.15) is 5.10 Å². The Bertz CT molecular complexity index is 915. The minimum absolute atomic E-state index is 0.00599. The largest absolute Gasteiger partial charge is 0.296 e. The molecule has 4 rings (SSSR count). The molecule has 1 aliphatic rings. The van der Waals surface area contributed by atoms with E-state index < -0.39 is 0 Å². The van der Waals surface area contributed by atoms with E-state index in [-0.39, 0.29) is 5.56 Å². The van der Waals surface area contributed by atoms with Crippen molar-refractivity contribution >= 4 is 11.3 Å². The fourth-order valence-corrected chi connectivity index (χ4v) is 3.71. The van der Waals surface area contributed by atoms with Crippen LogP contribution in [0.15, 0.2) is 28.9 Å². The summed E-state index contributed by atoms with van der Waals surface area (Å²) in [7, 11) is 0. The van der Waals surface area contributed by atoms with Gasteiger partial charge in [-0.3, -0.25) is 14.3 Å². The number of hydrogen-bond donors (Lipinski definition) is 0. The average molecular weight is 357 g/mol. The first-order valence-electron chi connectivity index (χ1n) is 8.23. The lowest BCUT2D eigenvalue weighted by Crippen LogP contribution is -2.28. The van der Waals surface area contributed by atoms with Crippen LogP contribution in [0.1, 0.15) is 28.6 Å². The number of rotatable bonds is 4. The fourth-order valence-electron chi connectivity index (χ4n) is 3.10. The summed E-state index contributed by atoms with van der Waals surface area (Å²) in [6, 6.07) is 1.60. The molecule has 3 aromatic rings. The molecule has 1 aliphatic heterocycles. The van der Waals surface area contributed by atoms with Crippen LogP contribution in [0.4, 0.5) is 0 Å². The summed E-state index contributed by atoms with van der Waals surface area (Å²) < 4.78 is 3.46. The second-order valence-corrected chi connectivity index (χ2v) is 7.23. The maximum Gasteiger partial charge on any atom is 0.253 e. The first-order chi connectivity index (χ1) is 12.2. The lowest BCUT2D eigenvalue weighted by molar-refractivity contribution is 0.255. The molecule has 0 N–H and O–H groups in total. The van der Waals surface area contributed by atoms with Crippen LogP contribution in [0.5, 0.6) is 0 Å². The molecule has 4 heterocycles. The van der Waals surface area contributed by atoms with E-state index in [0.717, 1.165) is 36.0 Å². The number of aryl methyl sites for hydroxylation is 1. The molecule has 0 aromatic carbocycles. The monoisotopic (exact) mass is 357 g/mol. The van der Waals surface area contributed by atoms with E-state index in [1.165, 1.54) is 6.33 Å². The minimum atomic E-state index is 0.00599. The topological polar surface area (TPSA) is 81.7 Å². The van der Waals surface area contributed by atoms with Crippen LogP contribution in [-0.4, -0.2) is 40.7 Å². The highest BCUT2D eigenvalue weighted by molar-refractivity contribution is 7.09. The smallest absolute Gasteiger partial charge is 0.253 e. The van der Waals surface area contributed by atoms with E-state index in [4.69, 9.17) is 4.98 Å². The molecule has 0 atom stereocenters. The Balaban J connectivity index is 1.58. The molecule has 0 unspecified atom stereocenters. The Morgan fingerprint density at radius 2 is 2.12 bits per heavy atom. The molecule has 8 nitrogen and oxygen atoms in total. The van der Waals surface area contributed by atoms with E-state index in [1.807, 2.05) is 6.92 Å². The molecular formula is C16H19N7OS. The van der Waals surface area contributed by atoms with Crippen molar-refractivity contribution in [3.05, 3.63) is 56.7 Å². The summed E-state index contributed by atoms with van der Waals surface area (Å²) in [5.74, 6) is 0.812. The van der Waals surface area contributed by atoms with Crippen molar-refractivity contribution in [3.8, 4) is 0 Å². The molecular weight excluding hydrogens is 338 g/mol. The van der Waals surface area contributed by atoms with Gasteiger partial charge in [-0.25, -0.2) is 19.6 Å². The standard InChI is InChI=1S/C16H19N7OS/c1-12-19-14(9-25-12)6-21-3-2-4-23-15(8-21)20-13(5-16(23)24)7-22-11-17-10-18-22/h5,9-11H,2-4,6-8H2,1H3. The Kier molecular flexibility index (Phi) is 4.41. The van der Waals surface area contributed by atoms with Gasteiger partial charge in [0.1, 0.15) is 18.5 Å². The van der Waals surface area contributed by atoms with Crippen LogP contribution in [0, 0.1) is 6.92 Å². The van der Waals surface area contributed by atoms with Gasteiger partial charge in [0.15, 0.2) is 0 Å². The Morgan fingerprint density at radius 1 is 1.20 bits per heavy atom. The zero-order chi connectivity index (χ0) is 17.2. The van der Waals surface area contributed by atoms with Crippen molar-refractivity contribution in [2.24, 2.45) is 0 Å². The van der Waals surface area contributed by atoms with E-state index in [0.29, 0.717) is 25.3 Å². The quantitative estimate of drug-likeness (QED) is 0.694. The first kappa shape index (κ1) is 16.1. The van der Waals surface area contributed by atoms with E-state index in [2.05, 4.69) is 25.3 Å². The Labute approximate surface area is 148 Å². The van der Waals surface area contributed by atoms with Crippen molar-refractivity contribution in [1.82, 2.24) is 34.2 Å². The third kappa shape index (κ3) is 3.67. The van der Waals surface area contributed by atoms with Gasteiger partial charge in [0.05, 0.1) is 29.5 Å². The third-order valence-electron chi connectivity index (χ3n) is 4.20. The summed E-state index contributed by atoms with van der Waals surface area (Å²) >= 11 is 1.67. The van der Waals surface area contributed by atoms with Crippen molar-refractivity contribution in [2.75, 3.05) is 6.54 Å². The molecule has 0 aliphatic carbocycles. The molecule has 9 heteroatoms. The maximum atomic E-state index is 12.5. The molecule has 0 radical (unpaired) electrons. The fraction of sp³-hybridized carbons (Fsp3) is 0.438. The van der Waals surface area contributed by atoms with Crippen LogP contribution in [0.25, 0.3) is 0 Å². The number of nitrogens with zero attached hydrogens (tertiary/aromatic N) is 7. The Morgan fingerprint density at radius 3 is 2.88 bits per heavy atom. The maximum absolute atomic E-state index is 12.5. The number of fused-ring (bicyclic) bond motifs is 1. The second kappa shape index (κ2) is 6.85. The van der Waals surface area contributed by atoms with E-state index >= 15 is 0 Å². The van der Waals surface area contributed by atoms with Crippen LogP contribution >= 0.6 is 11.3 Å². The van der Waals surface area contributed by atoms with Crippen LogP contribution in [0.3, 0.4) is 0 Å². The molecule has 0 saturated carbocycles. The highest BCUT2D eigenvalue weighted by Crippen LogP contribution is 2.15. The van der Waals surface area contributed by atoms with E-state index in [1.54, 1.807) is 33.0 Å². The van der Waals surface area contributed by atoms with Gasteiger partial charge in [0.25, 0.3) is 5.56 Å². The minimum Gasteiger partial charge on any atom is -0.296 e. The van der Waals surface area contributed by atoms with Gasteiger partial charge in [0.2, 0.25) is 0 Å². The van der Waals surface area contributed by atoms with Gasteiger partial charge in [0, 0.05) is 31.1 Å². The van der Waals surface area contributed by atoms with Crippen molar-refractivity contribution in [3.63, 3.8) is 0 Å². The lowest BCUT2D eigenvalue weighted by Gasteiger charge is -2.18. The van der Waals surface area contributed by atoms with Crippen molar-refractivity contribution in [2.45, 2.75) is 39.5 Å². The van der Waals surface area contributed by atoms with Gasteiger partial charge in [-0.1, -0.05) is 0 Å². The van der Waals surface area contributed by atoms with Gasteiger partial charge in [-0.15, -0.1) is 11.3 Å². The summed E-state index contributed by atoms with van der Waals surface area (Å²) in [6.45, 7) is 5.54. The predicted octanol–water partition coefficient (Wildman–Crippen LogP) is 1.05. The Hall–Kier alpha value is -2.39. The first-order valence-corrected chi connectivity index (χ1v) is 9.11. The molecule has 0 saturated heterocycles. The summed E-state index contributed by atoms with van der Waals surface area (Å²) in [5, 5.41) is 7.26. The van der Waals surface area contributed by atoms with Crippen LogP contribution in [-0.2, 0) is 26.2 Å². The third-order valence-corrected chi connectivity index (χ3v) is 5.03. The van der Waals surface area contributed by atoms with Crippen LogP contribution < -0.4 is 5.56 Å².